The molecule has 1 heterocycles. The van der Waals surface area contributed by atoms with E-state index in [4.69, 9.17) is 14.2 Å². The monoisotopic (exact) mass is 341 g/mol. The molecule has 1 aliphatic carbocycles. The molecule has 1 N–H and O–H groups in total. The molecule has 20 heavy (non-hydrogen) atoms. The second-order valence-electron chi connectivity index (χ2n) is 5.35. The van der Waals surface area contributed by atoms with E-state index in [9.17, 15) is 0 Å². The Morgan fingerprint density at radius 2 is 2.25 bits per heavy atom. The zero-order chi connectivity index (χ0) is 13.9. The highest BCUT2D eigenvalue weighted by Crippen LogP contribution is 2.40. The molecule has 1 saturated heterocycles. The second kappa shape index (κ2) is 6.33. The predicted molar refractivity (Wildman–Crippen MR) is 80.5 cm³/mol. The second-order valence-corrected chi connectivity index (χ2v) is 6.21. The summed E-state index contributed by atoms with van der Waals surface area (Å²) in [6.07, 6.45) is 2.63. The van der Waals surface area contributed by atoms with Crippen LogP contribution in [0.25, 0.3) is 0 Å². The third kappa shape index (κ3) is 3.27. The summed E-state index contributed by atoms with van der Waals surface area (Å²) in [4.78, 5) is 0. The zero-order valence-corrected chi connectivity index (χ0v) is 13.2. The van der Waals surface area contributed by atoms with Crippen LogP contribution in [0.1, 0.15) is 24.5 Å². The molecule has 1 atom stereocenters. The van der Waals surface area contributed by atoms with E-state index in [2.05, 4.69) is 27.3 Å². The minimum atomic E-state index is 0.0780. The number of hydrogen-bond donors (Lipinski definition) is 1. The number of methoxy groups -OCH3 is 1. The first-order valence-electron chi connectivity index (χ1n) is 7.10. The average Bonchev–Trinajstić information content (AvgIpc) is 3.30. The Kier molecular flexibility index (Phi) is 4.48. The Morgan fingerprint density at radius 3 is 2.90 bits per heavy atom. The lowest BCUT2D eigenvalue weighted by molar-refractivity contribution is 0.0274. The standard InChI is InChI=1S/C15H20BrNO3/c1-18-15-12(16)6-11(14-8-17-4-5-19-14)7-13(15)20-9-10-2-3-10/h6-7,10,14,17H,2-5,8-9H2,1H3. The molecule has 0 spiro atoms. The fraction of sp³-hybridized carbons (Fsp3) is 0.600. The summed E-state index contributed by atoms with van der Waals surface area (Å²) in [7, 11) is 1.67. The lowest BCUT2D eigenvalue weighted by Crippen LogP contribution is -2.33. The number of benzene rings is 1. The van der Waals surface area contributed by atoms with E-state index < -0.39 is 0 Å². The lowest BCUT2D eigenvalue weighted by atomic mass is 10.1. The summed E-state index contributed by atoms with van der Waals surface area (Å²) in [5.74, 6) is 2.28. The largest absolute Gasteiger partial charge is 0.492 e. The van der Waals surface area contributed by atoms with Crippen molar-refractivity contribution in [1.29, 1.82) is 0 Å². The Hall–Kier alpha value is -0.780. The van der Waals surface area contributed by atoms with Crippen molar-refractivity contribution in [2.75, 3.05) is 33.4 Å². The van der Waals surface area contributed by atoms with Gasteiger partial charge in [0.05, 0.1) is 30.9 Å². The van der Waals surface area contributed by atoms with E-state index in [1.54, 1.807) is 7.11 Å². The van der Waals surface area contributed by atoms with Crippen molar-refractivity contribution >= 4 is 15.9 Å². The number of hydrogen-bond acceptors (Lipinski definition) is 4. The maximum Gasteiger partial charge on any atom is 0.174 e. The summed E-state index contributed by atoms with van der Waals surface area (Å²) in [5, 5.41) is 3.35. The summed E-state index contributed by atoms with van der Waals surface area (Å²) in [6.45, 7) is 3.27. The van der Waals surface area contributed by atoms with Gasteiger partial charge >= 0.3 is 0 Å². The Balaban J connectivity index is 1.82. The number of rotatable bonds is 5. The molecular formula is C15H20BrNO3. The third-order valence-electron chi connectivity index (χ3n) is 3.71. The maximum absolute atomic E-state index is 5.93. The Labute approximate surface area is 127 Å². The van der Waals surface area contributed by atoms with Crippen LogP contribution < -0.4 is 14.8 Å². The SMILES string of the molecule is COc1c(Br)cc(C2CNCCO2)cc1OCC1CC1. The van der Waals surface area contributed by atoms with E-state index in [-0.39, 0.29) is 6.10 Å². The molecule has 1 saturated carbocycles. The average molecular weight is 342 g/mol. The summed E-state index contributed by atoms with van der Waals surface area (Å²) >= 11 is 3.57. The minimum Gasteiger partial charge on any atom is -0.492 e. The maximum atomic E-state index is 5.93. The first kappa shape index (κ1) is 14.2. The van der Waals surface area contributed by atoms with Crippen molar-refractivity contribution in [2.45, 2.75) is 18.9 Å². The van der Waals surface area contributed by atoms with Crippen LogP contribution in [0.4, 0.5) is 0 Å². The van der Waals surface area contributed by atoms with Gasteiger partial charge in [0, 0.05) is 13.1 Å². The van der Waals surface area contributed by atoms with Crippen LogP contribution in [0.5, 0.6) is 11.5 Å². The van der Waals surface area contributed by atoms with Gasteiger partial charge in [0.2, 0.25) is 0 Å². The lowest BCUT2D eigenvalue weighted by Gasteiger charge is -2.25. The predicted octanol–water partition coefficient (Wildman–Crippen LogP) is 2.91. The molecule has 0 aromatic heterocycles. The minimum absolute atomic E-state index is 0.0780. The molecule has 1 aromatic carbocycles. The number of morpholine rings is 1. The van der Waals surface area contributed by atoms with Gasteiger partial charge in [0.25, 0.3) is 0 Å². The molecule has 2 aliphatic rings. The van der Waals surface area contributed by atoms with Crippen molar-refractivity contribution in [2.24, 2.45) is 5.92 Å². The van der Waals surface area contributed by atoms with Gasteiger partial charge in [-0.05, 0) is 52.4 Å². The molecule has 1 aliphatic heterocycles. The zero-order valence-electron chi connectivity index (χ0n) is 11.7. The molecule has 4 nitrogen and oxygen atoms in total. The van der Waals surface area contributed by atoms with Crippen LogP contribution in [0.3, 0.4) is 0 Å². The van der Waals surface area contributed by atoms with E-state index in [0.29, 0.717) is 0 Å². The van der Waals surface area contributed by atoms with Crippen molar-refractivity contribution < 1.29 is 14.2 Å². The van der Waals surface area contributed by atoms with Crippen LogP contribution in [-0.2, 0) is 4.74 Å². The topological polar surface area (TPSA) is 39.7 Å². The first-order valence-corrected chi connectivity index (χ1v) is 7.90. The van der Waals surface area contributed by atoms with E-state index in [0.717, 1.165) is 53.8 Å². The molecule has 2 fully saturated rings. The normalized spacial score (nSPS) is 22.6. The Morgan fingerprint density at radius 1 is 1.40 bits per heavy atom. The third-order valence-corrected chi connectivity index (χ3v) is 4.30. The molecule has 0 amide bonds. The van der Waals surface area contributed by atoms with Gasteiger partial charge in [-0.3, -0.25) is 0 Å². The van der Waals surface area contributed by atoms with Crippen LogP contribution in [0.15, 0.2) is 16.6 Å². The van der Waals surface area contributed by atoms with Crippen molar-refractivity contribution in [3.8, 4) is 11.5 Å². The highest BCUT2D eigenvalue weighted by Gasteiger charge is 2.24. The number of nitrogens with one attached hydrogen (secondary N) is 1. The van der Waals surface area contributed by atoms with Crippen LogP contribution >= 0.6 is 15.9 Å². The highest BCUT2D eigenvalue weighted by molar-refractivity contribution is 9.10. The fourth-order valence-corrected chi connectivity index (χ4v) is 2.97. The van der Waals surface area contributed by atoms with Crippen LogP contribution in [0, 0.1) is 5.92 Å². The van der Waals surface area contributed by atoms with Gasteiger partial charge in [-0.25, -0.2) is 0 Å². The summed E-state index contributed by atoms with van der Waals surface area (Å²) < 4.78 is 18.1. The molecule has 1 unspecified atom stereocenters. The van der Waals surface area contributed by atoms with E-state index in [1.807, 2.05) is 6.07 Å². The van der Waals surface area contributed by atoms with Gasteiger partial charge in [0.15, 0.2) is 11.5 Å². The van der Waals surface area contributed by atoms with Gasteiger partial charge in [-0.1, -0.05) is 0 Å². The van der Waals surface area contributed by atoms with E-state index in [1.165, 1.54) is 12.8 Å². The van der Waals surface area contributed by atoms with E-state index >= 15 is 0 Å². The van der Waals surface area contributed by atoms with Crippen molar-refractivity contribution in [3.05, 3.63) is 22.2 Å². The molecular weight excluding hydrogens is 322 g/mol. The highest BCUT2D eigenvalue weighted by atomic mass is 79.9. The molecule has 5 heteroatoms. The summed E-state index contributed by atoms with van der Waals surface area (Å²) in [6, 6.07) is 4.10. The van der Waals surface area contributed by atoms with Gasteiger partial charge in [0.1, 0.15) is 0 Å². The number of halogens is 1. The van der Waals surface area contributed by atoms with Gasteiger partial charge in [-0.2, -0.15) is 0 Å². The number of ether oxygens (including phenoxy) is 3. The molecule has 3 rings (SSSR count). The van der Waals surface area contributed by atoms with Gasteiger partial charge < -0.3 is 19.5 Å². The molecule has 0 bridgehead atoms. The molecule has 110 valence electrons. The van der Waals surface area contributed by atoms with Crippen molar-refractivity contribution in [1.82, 2.24) is 5.32 Å². The summed E-state index contributed by atoms with van der Waals surface area (Å²) in [5.41, 5.74) is 1.12. The van der Waals surface area contributed by atoms with Crippen LogP contribution in [-0.4, -0.2) is 33.4 Å². The molecule has 0 radical (unpaired) electrons. The first-order chi connectivity index (χ1) is 9.78. The quantitative estimate of drug-likeness (QED) is 0.893. The van der Waals surface area contributed by atoms with Crippen molar-refractivity contribution in [3.63, 3.8) is 0 Å². The smallest absolute Gasteiger partial charge is 0.174 e. The van der Waals surface area contributed by atoms with Crippen LogP contribution in [0.2, 0.25) is 0 Å². The fourth-order valence-electron chi connectivity index (χ4n) is 2.35. The van der Waals surface area contributed by atoms with Gasteiger partial charge in [-0.15, -0.1) is 0 Å². The Bertz CT molecular complexity index is 470. The molecule has 1 aromatic rings.